The van der Waals surface area contributed by atoms with Crippen molar-refractivity contribution in [1.29, 1.82) is 0 Å². The Kier molecular flexibility index (Phi) is 7.20. The number of nitrogens with one attached hydrogen (secondary N) is 1. The first kappa shape index (κ1) is 21.2. The minimum Gasteiger partial charge on any atom is -0.378 e. The van der Waals surface area contributed by atoms with Gasteiger partial charge in [0.1, 0.15) is 0 Å². The molecule has 6 nitrogen and oxygen atoms in total. The number of carbonyl (C=O) groups is 2. The molecule has 0 aromatic heterocycles. The van der Waals surface area contributed by atoms with E-state index in [1.165, 1.54) is 17.9 Å². The van der Waals surface area contributed by atoms with Crippen molar-refractivity contribution in [2.45, 2.75) is 38.5 Å². The maximum atomic E-state index is 13.1. The number of nitrogens with zero attached hydrogens (tertiary/aromatic N) is 1. The molecule has 0 bridgehead atoms. The van der Waals surface area contributed by atoms with Gasteiger partial charge in [-0.25, -0.2) is 0 Å². The monoisotopic (exact) mass is 387 g/mol. The molecule has 1 aliphatic heterocycles. The SMILES string of the molecule is CC(=O)Nc1cc(C(=O)N2CCC(OCCCN)CC2)cc(C(F)(F)F)c1. The third-order valence-corrected chi connectivity index (χ3v) is 4.26. The van der Waals surface area contributed by atoms with E-state index in [1.807, 2.05) is 0 Å². The molecule has 1 saturated heterocycles. The molecule has 3 N–H and O–H groups in total. The summed E-state index contributed by atoms with van der Waals surface area (Å²) in [5.41, 5.74) is 4.29. The summed E-state index contributed by atoms with van der Waals surface area (Å²) in [6.45, 7) is 3.10. The highest BCUT2D eigenvalue weighted by atomic mass is 19.4. The van der Waals surface area contributed by atoms with Crippen molar-refractivity contribution in [2.24, 2.45) is 5.73 Å². The summed E-state index contributed by atoms with van der Waals surface area (Å²) in [6.07, 6.45) is -2.60. The van der Waals surface area contributed by atoms with Crippen molar-refractivity contribution in [1.82, 2.24) is 4.90 Å². The molecule has 150 valence electrons. The minimum absolute atomic E-state index is 0.0250. The number of hydrogen-bond donors (Lipinski definition) is 2. The highest BCUT2D eigenvalue weighted by Crippen LogP contribution is 2.32. The summed E-state index contributed by atoms with van der Waals surface area (Å²) >= 11 is 0. The predicted molar refractivity (Wildman–Crippen MR) is 94.3 cm³/mol. The molecule has 1 fully saturated rings. The summed E-state index contributed by atoms with van der Waals surface area (Å²) in [6, 6.07) is 2.90. The number of hydrogen-bond acceptors (Lipinski definition) is 4. The van der Waals surface area contributed by atoms with Crippen LogP contribution in [0.1, 0.15) is 42.1 Å². The maximum absolute atomic E-state index is 13.1. The molecule has 0 saturated carbocycles. The number of rotatable bonds is 6. The van der Waals surface area contributed by atoms with Crippen molar-refractivity contribution in [3.05, 3.63) is 29.3 Å². The number of benzene rings is 1. The van der Waals surface area contributed by atoms with Gasteiger partial charge in [0.15, 0.2) is 0 Å². The van der Waals surface area contributed by atoms with Gasteiger partial charge in [0.2, 0.25) is 5.91 Å². The Balaban J connectivity index is 2.10. The predicted octanol–water partition coefficient (Wildman–Crippen LogP) is 2.63. The number of alkyl halides is 3. The maximum Gasteiger partial charge on any atom is 0.416 e. The zero-order chi connectivity index (χ0) is 20.0. The van der Waals surface area contributed by atoms with Gasteiger partial charge in [0.25, 0.3) is 5.91 Å². The van der Waals surface area contributed by atoms with E-state index >= 15 is 0 Å². The van der Waals surface area contributed by atoms with E-state index in [1.54, 1.807) is 0 Å². The lowest BCUT2D eigenvalue weighted by Gasteiger charge is -2.32. The summed E-state index contributed by atoms with van der Waals surface area (Å²) in [5, 5.41) is 2.31. The zero-order valence-electron chi connectivity index (χ0n) is 15.1. The molecule has 1 aromatic carbocycles. The van der Waals surface area contributed by atoms with E-state index in [0.29, 0.717) is 39.1 Å². The van der Waals surface area contributed by atoms with Crippen molar-refractivity contribution >= 4 is 17.5 Å². The normalized spacial score (nSPS) is 15.7. The third kappa shape index (κ3) is 6.21. The molecular weight excluding hydrogens is 363 g/mol. The molecule has 27 heavy (non-hydrogen) atoms. The molecular formula is C18H24F3N3O3. The number of ether oxygens (including phenoxy) is 1. The lowest BCUT2D eigenvalue weighted by Crippen LogP contribution is -2.41. The Labute approximate surface area is 155 Å². The fourth-order valence-corrected chi connectivity index (χ4v) is 2.93. The van der Waals surface area contributed by atoms with Crippen LogP contribution in [0.25, 0.3) is 0 Å². The van der Waals surface area contributed by atoms with Crippen LogP contribution >= 0.6 is 0 Å². The summed E-state index contributed by atoms with van der Waals surface area (Å²) in [7, 11) is 0. The van der Waals surface area contributed by atoms with Crippen LogP contribution in [-0.4, -0.2) is 49.1 Å². The highest BCUT2D eigenvalue weighted by Gasteiger charge is 2.33. The Morgan fingerprint density at radius 1 is 1.26 bits per heavy atom. The topological polar surface area (TPSA) is 84.7 Å². The van der Waals surface area contributed by atoms with Gasteiger partial charge >= 0.3 is 6.18 Å². The molecule has 0 atom stereocenters. The van der Waals surface area contributed by atoms with Crippen molar-refractivity contribution < 1.29 is 27.5 Å². The van der Waals surface area contributed by atoms with Crippen LogP contribution in [0.15, 0.2) is 18.2 Å². The number of carbonyl (C=O) groups excluding carboxylic acids is 2. The van der Waals surface area contributed by atoms with E-state index in [-0.39, 0.29) is 17.4 Å². The summed E-state index contributed by atoms with van der Waals surface area (Å²) < 4.78 is 45.0. The number of halogens is 3. The lowest BCUT2D eigenvalue weighted by atomic mass is 10.0. The van der Waals surface area contributed by atoms with E-state index in [9.17, 15) is 22.8 Å². The van der Waals surface area contributed by atoms with Crippen LogP contribution in [-0.2, 0) is 15.7 Å². The van der Waals surface area contributed by atoms with Gasteiger partial charge in [-0.05, 0) is 44.0 Å². The van der Waals surface area contributed by atoms with Crippen LogP contribution < -0.4 is 11.1 Å². The van der Waals surface area contributed by atoms with E-state index < -0.39 is 23.6 Å². The Morgan fingerprint density at radius 3 is 2.48 bits per heavy atom. The number of nitrogens with two attached hydrogens (primary N) is 1. The quantitative estimate of drug-likeness (QED) is 0.735. The summed E-state index contributed by atoms with van der Waals surface area (Å²) in [4.78, 5) is 25.4. The van der Waals surface area contributed by atoms with Gasteiger partial charge in [-0.2, -0.15) is 13.2 Å². The zero-order valence-corrected chi connectivity index (χ0v) is 15.1. The van der Waals surface area contributed by atoms with Gasteiger partial charge in [-0.3, -0.25) is 9.59 Å². The van der Waals surface area contributed by atoms with Crippen LogP contribution in [0.3, 0.4) is 0 Å². The van der Waals surface area contributed by atoms with E-state index in [4.69, 9.17) is 10.5 Å². The van der Waals surface area contributed by atoms with Crippen molar-refractivity contribution in [2.75, 3.05) is 31.6 Å². The average Bonchev–Trinajstić information content (AvgIpc) is 2.60. The second-order valence-corrected chi connectivity index (χ2v) is 6.48. The van der Waals surface area contributed by atoms with Gasteiger partial charge in [0, 0.05) is 37.9 Å². The highest BCUT2D eigenvalue weighted by molar-refractivity contribution is 5.97. The number of piperidine rings is 1. The van der Waals surface area contributed by atoms with Crippen molar-refractivity contribution in [3.8, 4) is 0 Å². The molecule has 2 amide bonds. The molecule has 0 aliphatic carbocycles. The first-order valence-electron chi connectivity index (χ1n) is 8.81. The number of amides is 2. The first-order valence-corrected chi connectivity index (χ1v) is 8.81. The minimum atomic E-state index is -4.62. The smallest absolute Gasteiger partial charge is 0.378 e. The molecule has 9 heteroatoms. The third-order valence-electron chi connectivity index (χ3n) is 4.26. The Bertz CT molecular complexity index is 672. The second-order valence-electron chi connectivity index (χ2n) is 6.48. The molecule has 1 aliphatic rings. The van der Waals surface area contributed by atoms with Gasteiger partial charge in [-0.15, -0.1) is 0 Å². The largest absolute Gasteiger partial charge is 0.416 e. The molecule has 0 radical (unpaired) electrons. The first-order chi connectivity index (χ1) is 12.7. The lowest BCUT2D eigenvalue weighted by molar-refractivity contribution is -0.137. The van der Waals surface area contributed by atoms with Crippen LogP contribution in [0.4, 0.5) is 18.9 Å². The van der Waals surface area contributed by atoms with Gasteiger partial charge < -0.3 is 20.7 Å². The van der Waals surface area contributed by atoms with Crippen LogP contribution in [0.2, 0.25) is 0 Å². The second kappa shape index (κ2) is 9.18. The van der Waals surface area contributed by atoms with Gasteiger partial charge in [-0.1, -0.05) is 0 Å². The van der Waals surface area contributed by atoms with Crippen LogP contribution in [0.5, 0.6) is 0 Å². The fourth-order valence-electron chi connectivity index (χ4n) is 2.93. The molecule has 1 heterocycles. The number of likely N-dealkylation sites (tertiary alicyclic amines) is 1. The number of anilines is 1. The summed E-state index contributed by atoms with van der Waals surface area (Å²) in [5.74, 6) is -1.00. The fraction of sp³-hybridized carbons (Fsp3) is 0.556. The van der Waals surface area contributed by atoms with E-state index in [2.05, 4.69) is 5.32 Å². The van der Waals surface area contributed by atoms with Gasteiger partial charge in [0.05, 0.1) is 11.7 Å². The molecule has 0 unspecified atom stereocenters. The van der Waals surface area contributed by atoms with Crippen LogP contribution in [0, 0.1) is 0 Å². The molecule has 2 rings (SSSR count). The van der Waals surface area contributed by atoms with Crippen molar-refractivity contribution in [3.63, 3.8) is 0 Å². The average molecular weight is 387 g/mol. The molecule has 1 aromatic rings. The molecule has 0 spiro atoms. The standard InChI is InChI=1S/C18H24F3N3O3/c1-12(25)23-15-10-13(9-14(11-15)18(19,20)21)17(26)24-6-3-16(4-7-24)27-8-2-5-22/h9-11,16H,2-8,22H2,1H3,(H,23,25). The Morgan fingerprint density at radius 2 is 1.93 bits per heavy atom. The van der Waals surface area contributed by atoms with E-state index in [0.717, 1.165) is 18.6 Å². The Hall–Kier alpha value is -2.13.